The Balaban J connectivity index is 1.50. The fourth-order valence-electron chi connectivity index (χ4n) is 2.89. The molecule has 4 nitrogen and oxygen atoms in total. The summed E-state index contributed by atoms with van der Waals surface area (Å²) in [5.41, 5.74) is 2.37. The summed E-state index contributed by atoms with van der Waals surface area (Å²) in [6.07, 6.45) is 0. The summed E-state index contributed by atoms with van der Waals surface area (Å²) >= 11 is 13.3. The third-order valence-electron chi connectivity index (χ3n) is 4.34. The minimum Gasteiger partial charge on any atom is -0.482 e. The first-order valence-corrected chi connectivity index (χ1v) is 10.8. The van der Waals surface area contributed by atoms with Gasteiger partial charge in [-0.25, -0.2) is 9.37 Å². The molecule has 8 heteroatoms. The Hall–Kier alpha value is -2.93. The van der Waals surface area contributed by atoms with Crippen molar-refractivity contribution in [3.8, 4) is 27.6 Å². The maximum atomic E-state index is 14.1. The molecule has 1 N–H and O–H groups in total. The average Bonchev–Trinajstić information content (AvgIpc) is 3.23. The number of hydrogen-bond acceptors (Lipinski definition) is 4. The monoisotopic (exact) mass is 472 g/mol. The van der Waals surface area contributed by atoms with Gasteiger partial charge in [0.2, 0.25) is 0 Å². The summed E-state index contributed by atoms with van der Waals surface area (Å²) in [6, 6.07) is 18.5. The van der Waals surface area contributed by atoms with Crippen LogP contribution in [0.2, 0.25) is 10.0 Å². The van der Waals surface area contributed by atoms with Crippen molar-refractivity contribution in [1.82, 2.24) is 4.98 Å². The number of thiazole rings is 1. The predicted molar refractivity (Wildman–Crippen MR) is 124 cm³/mol. The largest absolute Gasteiger partial charge is 0.482 e. The molecule has 3 aromatic carbocycles. The lowest BCUT2D eigenvalue weighted by atomic mass is 10.1. The fourth-order valence-corrected chi connectivity index (χ4v) is 4.20. The molecule has 0 fully saturated rings. The number of nitrogens with one attached hydrogen (secondary N) is 1. The van der Waals surface area contributed by atoms with Gasteiger partial charge in [0.1, 0.15) is 16.6 Å². The van der Waals surface area contributed by atoms with Crippen molar-refractivity contribution in [1.29, 1.82) is 0 Å². The van der Waals surface area contributed by atoms with Gasteiger partial charge in [0, 0.05) is 21.5 Å². The number of hydrogen-bond donors (Lipinski definition) is 1. The summed E-state index contributed by atoms with van der Waals surface area (Å²) in [4.78, 5) is 17.0. The number of rotatable bonds is 6. The van der Waals surface area contributed by atoms with Crippen LogP contribution in [0.15, 0.2) is 72.1 Å². The second-order valence-electron chi connectivity index (χ2n) is 6.47. The number of para-hydroxylation sites is 1. The number of halogens is 3. The number of carbonyl (C=O) groups excluding carboxylic acids is 1. The number of ether oxygens (including phenoxy) is 1. The van der Waals surface area contributed by atoms with Crippen molar-refractivity contribution in [3.05, 3.63) is 88.0 Å². The summed E-state index contributed by atoms with van der Waals surface area (Å²) in [5.74, 6) is -0.324. The lowest BCUT2D eigenvalue weighted by Gasteiger charge is -2.11. The number of carbonyl (C=O) groups is 1. The molecule has 31 heavy (non-hydrogen) atoms. The van der Waals surface area contributed by atoms with E-state index in [4.69, 9.17) is 27.9 Å². The molecule has 0 radical (unpaired) electrons. The molecule has 0 bridgehead atoms. The van der Waals surface area contributed by atoms with Crippen molar-refractivity contribution in [2.75, 3.05) is 11.9 Å². The first-order chi connectivity index (χ1) is 15.0. The molecule has 0 spiro atoms. The number of benzene rings is 3. The van der Waals surface area contributed by atoms with Gasteiger partial charge in [0.25, 0.3) is 5.91 Å². The van der Waals surface area contributed by atoms with Crippen LogP contribution in [0.25, 0.3) is 21.8 Å². The van der Waals surface area contributed by atoms with E-state index in [2.05, 4.69) is 10.3 Å². The lowest BCUT2D eigenvalue weighted by Crippen LogP contribution is -2.20. The Morgan fingerprint density at radius 1 is 1.03 bits per heavy atom. The van der Waals surface area contributed by atoms with Gasteiger partial charge in [0.05, 0.1) is 16.4 Å². The van der Waals surface area contributed by atoms with E-state index in [0.29, 0.717) is 37.7 Å². The summed E-state index contributed by atoms with van der Waals surface area (Å²) in [6.45, 7) is -0.229. The number of amides is 1. The van der Waals surface area contributed by atoms with E-state index < -0.39 is 0 Å². The van der Waals surface area contributed by atoms with Crippen molar-refractivity contribution < 1.29 is 13.9 Å². The average molecular weight is 473 g/mol. The minimum atomic E-state index is -0.358. The van der Waals surface area contributed by atoms with E-state index >= 15 is 0 Å². The van der Waals surface area contributed by atoms with Crippen LogP contribution in [-0.4, -0.2) is 17.5 Å². The molecule has 4 aromatic rings. The number of nitrogens with zero attached hydrogens (tertiary/aromatic N) is 1. The Kier molecular flexibility index (Phi) is 6.51. The Morgan fingerprint density at radius 2 is 1.77 bits per heavy atom. The van der Waals surface area contributed by atoms with Gasteiger partial charge in [-0.05, 0) is 36.4 Å². The maximum absolute atomic E-state index is 14.1. The van der Waals surface area contributed by atoms with Gasteiger partial charge in [0.15, 0.2) is 6.61 Å². The first kappa shape index (κ1) is 21.3. The highest BCUT2D eigenvalue weighted by Gasteiger charge is 2.14. The van der Waals surface area contributed by atoms with Gasteiger partial charge in [-0.2, -0.15) is 0 Å². The van der Waals surface area contributed by atoms with E-state index in [1.54, 1.807) is 48.5 Å². The quantitative estimate of drug-likeness (QED) is 0.330. The molecule has 1 aromatic heterocycles. The molecule has 0 saturated carbocycles. The molecular formula is C23H15Cl2FN2O2S. The first-order valence-electron chi connectivity index (χ1n) is 9.19. The van der Waals surface area contributed by atoms with Gasteiger partial charge in [-0.15, -0.1) is 11.3 Å². The molecule has 0 aliphatic heterocycles. The van der Waals surface area contributed by atoms with Gasteiger partial charge >= 0.3 is 0 Å². The standard InChI is InChI=1S/C23H15Cl2FN2O2S/c24-14-9-10-21(17(25)11-14)30-12-22(29)27-19-8-4-2-6-16(19)20-13-31-23(28-20)15-5-1-3-7-18(15)26/h1-11,13H,12H2,(H,27,29). The van der Waals surface area contributed by atoms with Gasteiger partial charge in [-0.3, -0.25) is 4.79 Å². The van der Waals surface area contributed by atoms with E-state index in [1.165, 1.54) is 17.4 Å². The van der Waals surface area contributed by atoms with Gasteiger partial charge in [-0.1, -0.05) is 53.5 Å². The van der Waals surface area contributed by atoms with Crippen LogP contribution in [-0.2, 0) is 4.79 Å². The fraction of sp³-hybridized carbons (Fsp3) is 0.0435. The highest BCUT2D eigenvalue weighted by molar-refractivity contribution is 7.13. The second-order valence-corrected chi connectivity index (χ2v) is 8.18. The van der Waals surface area contributed by atoms with E-state index in [-0.39, 0.29) is 18.3 Å². The van der Waals surface area contributed by atoms with Gasteiger partial charge < -0.3 is 10.1 Å². The molecule has 0 atom stereocenters. The molecular weight excluding hydrogens is 458 g/mol. The van der Waals surface area contributed by atoms with E-state index in [9.17, 15) is 9.18 Å². The number of anilines is 1. The molecule has 1 amide bonds. The topological polar surface area (TPSA) is 51.2 Å². The van der Waals surface area contributed by atoms with Crippen LogP contribution >= 0.6 is 34.5 Å². The van der Waals surface area contributed by atoms with E-state index in [1.807, 2.05) is 17.5 Å². The molecule has 0 saturated heterocycles. The molecule has 156 valence electrons. The Labute approximate surface area is 192 Å². The SMILES string of the molecule is O=C(COc1ccc(Cl)cc1Cl)Nc1ccccc1-c1csc(-c2ccccc2F)n1. The zero-order chi connectivity index (χ0) is 21.8. The Bertz CT molecular complexity index is 1250. The zero-order valence-electron chi connectivity index (χ0n) is 15.9. The van der Waals surface area contributed by atoms with Crippen LogP contribution in [0.1, 0.15) is 0 Å². The maximum Gasteiger partial charge on any atom is 0.262 e. The molecule has 1 heterocycles. The van der Waals surface area contributed by atoms with Crippen molar-refractivity contribution in [3.63, 3.8) is 0 Å². The smallest absolute Gasteiger partial charge is 0.262 e. The minimum absolute atomic E-state index is 0.229. The van der Waals surface area contributed by atoms with Crippen molar-refractivity contribution >= 4 is 46.1 Å². The van der Waals surface area contributed by atoms with Crippen LogP contribution in [0.3, 0.4) is 0 Å². The zero-order valence-corrected chi connectivity index (χ0v) is 18.3. The third-order valence-corrected chi connectivity index (χ3v) is 5.74. The van der Waals surface area contributed by atoms with Crippen molar-refractivity contribution in [2.24, 2.45) is 0 Å². The normalized spacial score (nSPS) is 10.7. The van der Waals surface area contributed by atoms with E-state index in [0.717, 1.165) is 5.56 Å². The highest BCUT2D eigenvalue weighted by Crippen LogP contribution is 2.33. The number of aromatic nitrogens is 1. The molecule has 0 unspecified atom stereocenters. The van der Waals surface area contributed by atoms with Crippen LogP contribution < -0.4 is 10.1 Å². The van der Waals surface area contributed by atoms with Crippen molar-refractivity contribution in [2.45, 2.75) is 0 Å². The highest BCUT2D eigenvalue weighted by atomic mass is 35.5. The summed E-state index contributed by atoms with van der Waals surface area (Å²) < 4.78 is 19.6. The lowest BCUT2D eigenvalue weighted by molar-refractivity contribution is -0.118. The van der Waals surface area contributed by atoms with Crippen LogP contribution in [0.4, 0.5) is 10.1 Å². The Morgan fingerprint density at radius 3 is 2.55 bits per heavy atom. The predicted octanol–water partition coefficient (Wildman–Crippen LogP) is 6.94. The summed E-state index contributed by atoms with van der Waals surface area (Å²) in [7, 11) is 0. The van der Waals surface area contributed by atoms with Crippen LogP contribution in [0.5, 0.6) is 5.75 Å². The summed E-state index contributed by atoms with van der Waals surface area (Å²) in [5, 5.41) is 6.03. The van der Waals surface area contributed by atoms with Crippen LogP contribution in [0, 0.1) is 5.82 Å². The molecule has 0 aliphatic carbocycles. The molecule has 4 rings (SSSR count). The second kappa shape index (κ2) is 9.47. The third kappa shape index (κ3) is 5.05. The molecule has 0 aliphatic rings.